The summed E-state index contributed by atoms with van der Waals surface area (Å²) >= 11 is 20.7. The minimum Gasteiger partial charge on any atom is -0.497 e. The van der Waals surface area contributed by atoms with Crippen LogP contribution in [-0.2, 0) is 25.7 Å². The Bertz CT molecular complexity index is 1290. The number of carbonyl (C=O) groups is 3. The Labute approximate surface area is 243 Å². The number of rotatable bonds is 10. The molecular weight excluding hydrogens is 591 g/mol. The van der Waals surface area contributed by atoms with Gasteiger partial charge in [0, 0.05) is 21.6 Å². The van der Waals surface area contributed by atoms with Crippen molar-refractivity contribution in [2.45, 2.75) is 22.9 Å². The molecule has 1 fully saturated rings. The number of amides is 2. The zero-order valence-electron chi connectivity index (χ0n) is 20.1. The Kier molecular flexibility index (Phi) is 9.95. The highest BCUT2D eigenvalue weighted by Crippen LogP contribution is 2.41. The fourth-order valence-electron chi connectivity index (χ4n) is 3.83. The normalized spacial score (nSPS) is 18.7. The number of nitrogens with zero attached hydrogens (tertiary/aromatic N) is 1. The molecule has 0 saturated carbocycles. The smallest absolute Gasteiger partial charge is 0.355 e. The first-order chi connectivity index (χ1) is 18.3. The van der Waals surface area contributed by atoms with Crippen LogP contribution in [0.2, 0.25) is 10.0 Å². The Morgan fingerprint density at radius 3 is 2.68 bits per heavy atom. The number of hydrogen-bond donors (Lipinski definition) is 1. The maximum Gasteiger partial charge on any atom is 0.355 e. The van der Waals surface area contributed by atoms with Crippen molar-refractivity contribution in [3.63, 3.8) is 0 Å². The second-order valence-corrected chi connectivity index (χ2v) is 11.4. The number of esters is 1. The van der Waals surface area contributed by atoms with Gasteiger partial charge >= 0.3 is 5.97 Å². The van der Waals surface area contributed by atoms with Crippen LogP contribution in [0.1, 0.15) is 5.56 Å². The van der Waals surface area contributed by atoms with Gasteiger partial charge in [-0.25, -0.2) is 4.79 Å². The van der Waals surface area contributed by atoms with Gasteiger partial charge in [0.25, 0.3) is 5.91 Å². The van der Waals surface area contributed by atoms with E-state index in [4.69, 9.17) is 44.3 Å². The van der Waals surface area contributed by atoms with Crippen molar-refractivity contribution in [3.8, 4) is 5.75 Å². The Hall–Kier alpha value is -2.30. The number of alkyl halides is 1. The number of ether oxygens (including phenoxy) is 2. The molecule has 0 aliphatic carbocycles. The highest BCUT2D eigenvalue weighted by molar-refractivity contribution is 8.00. The van der Waals surface area contributed by atoms with Crippen molar-refractivity contribution >= 4 is 76.1 Å². The van der Waals surface area contributed by atoms with E-state index in [1.165, 1.54) is 28.4 Å². The molecule has 0 radical (unpaired) electrons. The summed E-state index contributed by atoms with van der Waals surface area (Å²) in [6.07, 6.45) is 3.43. The predicted molar refractivity (Wildman–Crippen MR) is 152 cm³/mol. The number of methoxy groups -OCH3 is 1. The van der Waals surface area contributed by atoms with E-state index in [1.54, 1.807) is 61.7 Å². The van der Waals surface area contributed by atoms with E-state index in [-0.39, 0.29) is 35.8 Å². The molecule has 2 aliphatic rings. The van der Waals surface area contributed by atoms with Gasteiger partial charge in [0.1, 0.15) is 29.5 Å². The topological polar surface area (TPSA) is 84.9 Å². The van der Waals surface area contributed by atoms with Crippen molar-refractivity contribution in [2.75, 3.05) is 24.5 Å². The van der Waals surface area contributed by atoms with E-state index in [1.807, 2.05) is 0 Å². The van der Waals surface area contributed by atoms with Gasteiger partial charge in [0.05, 0.1) is 17.9 Å². The third-order valence-electron chi connectivity index (χ3n) is 5.70. The number of β-lactam (4-membered cyclic amide) rings is 1. The van der Waals surface area contributed by atoms with Gasteiger partial charge in [0.15, 0.2) is 0 Å². The van der Waals surface area contributed by atoms with Gasteiger partial charge in [0.2, 0.25) is 5.91 Å². The Morgan fingerprint density at radius 2 is 1.97 bits per heavy atom. The number of halogens is 3. The predicted octanol–water partition coefficient (Wildman–Crippen LogP) is 5.29. The summed E-state index contributed by atoms with van der Waals surface area (Å²) < 4.78 is 10.7. The quantitative estimate of drug-likeness (QED) is 0.169. The molecule has 7 nitrogen and oxygen atoms in total. The lowest BCUT2D eigenvalue weighted by atomic mass is 10.0. The summed E-state index contributed by atoms with van der Waals surface area (Å²) in [5, 5.41) is 3.35. The molecule has 0 aromatic heterocycles. The molecule has 1 N–H and O–H groups in total. The molecule has 2 aliphatic heterocycles. The maximum absolute atomic E-state index is 13.2. The number of benzene rings is 2. The van der Waals surface area contributed by atoms with Gasteiger partial charge in [-0.3, -0.25) is 14.5 Å². The van der Waals surface area contributed by atoms with E-state index >= 15 is 0 Å². The summed E-state index contributed by atoms with van der Waals surface area (Å²) in [6, 6.07) is 11.4. The number of hydrogen-bond acceptors (Lipinski definition) is 7. The summed E-state index contributed by atoms with van der Waals surface area (Å²) in [6.45, 7) is 0.0299. The largest absolute Gasteiger partial charge is 0.497 e. The van der Waals surface area contributed by atoms with Crippen LogP contribution in [0.4, 0.5) is 0 Å². The lowest BCUT2D eigenvalue weighted by molar-refractivity contribution is -0.153. The lowest BCUT2D eigenvalue weighted by Crippen LogP contribution is -2.70. The van der Waals surface area contributed by atoms with Crippen LogP contribution < -0.4 is 10.1 Å². The van der Waals surface area contributed by atoms with Crippen LogP contribution in [0.3, 0.4) is 0 Å². The fraction of sp³-hybridized carbons (Fsp3) is 0.269. The minimum atomic E-state index is -0.758. The molecule has 2 aromatic carbocycles. The van der Waals surface area contributed by atoms with Crippen molar-refractivity contribution in [3.05, 3.63) is 81.5 Å². The fourth-order valence-corrected chi connectivity index (χ4v) is 6.54. The van der Waals surface area contributed by atoms with Gasteiger partial charge in [-0.2, -0.15) is 0 Å². The number of thioether (sulfide) groups is 2. The molecular formula is C26H23Cl3N2O5S2. The lowest BCUT2D eigenvalue weighted by Gasteiger charge is -2.49. The average Bonchev–Trinajstić information content (AvgIpc) is 2.93. The van der Waals surface area contributed by atoms with E-state index < -0.39 is 17.4 Å². The van der Waals surface area contributed by atoms with E-state index in [2.05, 4.69) is 5.32 Å². The second kappa shape index (κ2) is 13.2. The minimum absolute atomic E-state index is 0.0299. The number of allylic oxidation sites excluding steroid dienone is 2. The number of fused-ring (bicyclic) bond motifs is 1. The van der Waals surface area contributed by atoms with Crippen LogP contribution in [0.5, 0.6) is 5.75 Å². The van der Waals surface area contributed by atoms with E-state index in [0.29, 0.717) is 32.0 Å². The molecule has 1 saturated heterocycles. The zero-order valence-corrected chi connectivity index (χ0v) is 24.0. The van der Waals surface area contributed by atoms with Gasteiger partial charge in [-0.1, -0.05) is 47.5 Å². The summed E-state index contributed by atoms with van der Waals surface area (Å²) in [4.78, 5) is 41.0. The molecule has 4 rings (SSSR count). The molecule has 0 bridgehead atoms. The first kappa shape index (κ1) is 28.7. The van der Waals surface area contributed by atoms with Gasteiger partial charge in [-0.15, -0.1) is 35.1 Å². The summed E-state index contributed by atoms with van der Waals surface area (Å²) in [5.41, 5.74) is 1.58. The van der Waals surface area contributed by atoms with Gasteiger partial charge in [-0.05, 0) is 41.5 Å². The molecule has 12 heteroatoms. The molecule has 38 heavy (non-hydrogen) atoms. The SMILES string of the molecule is COc1ccc(COC(=O)C2=C(C=CCCl)CS[C@@H]3[C@H](NC(=O)CSc4cc(Cl)ccc4Cl)C(=O)N23)cc1. The second-order valence-electron chi connectivity index (χ2n) is 8.17. The third kappa shape index (κ3) is 6.63. The molecule has 0 spiro atoms. The van der Waals surface area contributed by atoms with Crippen LogP contribution in [0.25, 0.3) is 0 Å². The molecule has 2 amide bonds. The van der Waals surface area contributed by atoms with Crippen molar-refractivity contribution < 1.29 is 23.9 Å². The van der Waals surface area contributed by atoms with Gasteiger partial charge < -0.3 is 14.8 Å². The first-order valence-electron chi connectivity index (χ1n) is 11.4. The molecule has 2 atom stereocenters. The summed E-state index contributed by atoms with van der Waals surface area (Å²) in [5.74, 6) is 0.124. The first-order valence-corrected chi connectivity index (χ1v) is 14.7. The molecule has 2 heterocycles. The molecule has 200 valence electrons. The summed E-state index contributed by atoms with van der Waals surface area (Å²) in [7, 11) is 1.57. The zero-order chi connectivity index (χ0) is 27.2. The van der Waals surface area contributed by atoms with Crippen LogP contribution in [0, 0.1) is 0 Å². The monoisotopic (exact) mass is 612 g/mol. The molecule has 2 aromatic rings. The third-order valence-corrected chi connectivity index (χ3v) is 8.91. The standard InChI is InChI=1S/C26H23Cl3N2O5S2/c1-35-18-7-4-15(5-8-18)12-36-26(34)23-16(3-2-10-27)13-38-25-22(24(33)31(23)25)30-21(32)14-37-20-11-17(28)6-9-19(20)29/h2-9,11,22,25H,10,12-14H2,1H3,(H,30,32)/t22-,25-/m1/s1. The van der Waals surface area contributed by atoms with Crippen molar-refractivity contribution in [2.24, 2.45) is 0 Å². The highest BCUT2D eigenvalue weighted by Gasteiger charge is 2.54. The van der Waals surface area contributed by atoms with Crippen LogP contribution in [0.15, 0.2) is 70.8 Å². The Balaban J connectivity index is 1.42. The Morgan fingerprint density at radius 1 is 1.21 bits per heavy atom. The van der Waals surface area contributed by atoms with Crippen molar-refractivity contribution in [1.82, 2.24) is 10.2 Å². The maximum atomic E-state index is 13.2. The van der Waals surface area contributed by atoms with E-state index in [0.717, 1.165) is 5.56 Å². The van der Waals surface area contributed by atoms with Crippen LogP contribution in [-0.4, -0.2) is 58.6 Å². The average molecular weight is 614 g/mol. The highest BCUT2D eigenvalue weighted by atomic mass is 35.5. The van der Waals surface area contributed by atoms with Crippen LogP contribution >= 0.6 is 58.3 Å². The molecule has 0 unspecified atom stereocenters. The number of carbonyl (C=O) groups excluding carboxylic acids is 3. The van der Waals surface area contributed by atoms with Crippen molar-refractivity contribution in [1.29, 1.82) is 0 Å². The van der Waals surface area contributed by atoms with E-state index in [9.17, 15) is 14.4 Å². The number of nitrogens with one attached hydrogen (secondary N) is 1.